The van der Waals surface area contributed by atoms with E-state index in [1.54, 1.807) is 0 Å². The summed E-state index contributed by atoms with van der Waals surface area (Å²) in [5.74, 6) is 0.394. The van der Waals surface area contributed by atoms with Crippen molar-refractivity contribution >= 4 is 57.6 Å². The number of benzene rings is 1. The fourth-order valence-electron chi connectivity index (χ4n) is 0.993. The Balaban J connectivity index is 0.000000845. The molecule has 0 amide bonds. The van der Waals surface area contributed by atoms with Crippen LogP contribution in [0.1, 0.15) is 0 Å². The third-order valence-electron chi connectivity index (χ3n) is 1.50. The van der Waals surface area contributed by atoms with Gasteiger partial charge in [-0.2, -0.15) is 4.37 Å². The van der Waals surface area contributed by atoms with E-state index in [0.29, 0.717) is 12.4 Å². The molecule has 1 aromatic heterocycles. The molecule has 0 fully saturated rings. The van der Waals surface area contributed by atoms with Crippen LogP contribution in [0, 0.1) is 0 Å². The first-order valence-electron chi connectivity index (χ1n) is 3.36. The second kappa shape index (κ2) is 4.72. The third kappa shape index (κ3) is 2.08. The van der Waals surface area contributed by atoms with Crippen LogP contribution in [0.2, 0.25) is 0 Å². The van der Waals surface area contributed by atoms with Gasteiger partial charge in [-0.1, -0.05) is 12.1 Å². The van der Waals surface area contributed by atoms with Gasteiger partial charge in [-0.05, 0) is 23.7 Å². The monoisotopic (exact) mass is 203 g/mol. The second-order valence-electron chi connectivity index (χ2n) is 2.20. The van der Waals surface area contributed by atoms with Crippen LogP contribution in [-0.4, -0.2) is 40.4 Å². The Kier molecular flexibility index (Phi) is 3.87. The molecule has 0 aliphatic heterocycles. The number of hydrogen-bond acceptors (Lipinski definition) is 4. The molecule has 0 saturated heterocycles. The number of aromatic nitrogens is 1. The number of carbonyl (C=O) groups is 1. The van der Waals surface area contributed by atoms with Gasteiger partial charge in [0.2, 0.25) is 5.88 Å². The van der Waals surface area contributed by atoms with Crippen molar-refractivity contribution < 1.29 is 9.53 Å². The number of nitrogens with zero attached hydrogens (tertiary/aromatic N) is 1. The van der Waals surface area contributed by atoms with Crippen LogP contribution < -0.4 is 4.74 Å². The van der Waals surface area contributed by atoms with Crippen LogP contribution >= 0.6 is 11.5 Å². The predicted octanol–water partition coefficient (Wildman–Crippen LogP) is 1.18. The molecule has 0 bridgehead atoms. The molecular formula is C8H6NNaO2S. The molecule has 5 heteroatoms. The van der Waals surface area contributed by atoms with E-state index in [-0.39, 0.29) is 29.6 Å². The maximum absolute atomic E-state index is 10.1. The molecule has 0 radical (unpaired) electrons. The van der Waals surface area contributed by atoms with Gasteiger partial charge < -0.3 is 4.74 Å². The van der Waals surface area contributed by atoms with Crippen molar-refractivity contribution in [3.05, 3.63) is 24.3 Å². The van der Waals surface area contributed by atoms with Gasteiger partial charge >= 0.3 is 29.6 Å². The van der Waals surface area contributed by atoms with Gasteiger partial charge in [0, 0.05) is 0 Å². The van der Waals surface area contributed by atoms with Crippen LogP contribution in [-0.2, 0) is 4.79 Å². The number of hydrogen-bond donors (Lipinski definition) is 0. The van der Waals surface area contributed by atoms with E-state index in [1.165, 1.54) is 11.5 Å². The van der Waals surface area contributed by atoms with E-state index in [2.05, 4.69) is 9.11 Å². The molecule has 0 atom stereocenters. The van der Waals surface area contributed by atoms with Crippen LogP contribution in [0.25, 0.3) is 10.1 Å². The van der Waals surface area contributed by atoms with E-state index in [0.717, 1.165) is 10.1 Å². The zero-order chi connectivity index (χ0) is 8.39. The Labute approximate surface area is 101 Å². The van der Waals surface area contributed by atoms with Crippen molar-refractivity contribution in [2.24, 2.45) is 0 Å². The average molecular weight is 203 g/mol. The van der Waals surface area contributed by atoms with Crippen molar-refractivity contribution in [1.82, 2.24) is 4.37 Å². The summed E-state index contributed by atoms with van der Waals surface area (Å²) in [5, 5.41) is 0.884. The van der Waals surface area contributed by atoms with E-state index in [9.17, 15) is 4.79 Å². The van der Waals surface area contributed by atoms with Crippen LogP contribution in [0.15, 0.2) is 24.3 Å². The Morgan fingerprint density at radius 2 is 2.15 bits per heavy atom. The Morgan fingerprint density at radius 3 is 2.92 bits per heavy atom. The average Bonchev–Trinajstić information content (AvgIpc) is 2.50. The van der Waals surface area contributed by atoms with E-state index in [1.807, 2.05) is 24.3 Å². The molecule has 0 spiro atoms. The molecule has 1 heterocycles. The first-order chi connectivity index (χ1) is 5.92. The standard InChI is InChI=1S/C8H5NO2S.Na.H/c10-5-11-8-6-3-1-2-4-7(6)12-9-8;;/h1-5H;;. The molecule has 0 N–H and O–H groups in total. The molecule has 2 aromatic rings. The molecule has 0 aliphatic carbocycles. The fourth-order valence-corrected chi connectivity index (χ4v) is 1.71. The SMILES string of the molecule is O=COc1nsc2ccccc12.[NaH]. The summed E-state index contributed by atoms with van der Waals surface area (Å²) < 4.78 is 9.67. The molecule has 13 heavy (non-hydrogen) atoms. The Hall–Kier alpha value is -0.420. The van der Waals surface area contributed by atoms with Crippen molar-refractivity contribution in [1.29, 1.82) is 0 Å². The van der Waals surface area contributed by atoms with Crippen LogP contribution in [0.5, 0.6) is 5.88 Å². The van der Waals surface area contributed by atoms with Gasteiger partial charge in [-0.25, -0.2) is 0 Å². The molecular weight excluding hydrogens is 197 g/mol. The Bertz CT molecular complexity index is 415. The van der Waals surface area contributed by atoms with Gasteiger partial charge in [-0.3, -0.25) is 4.79 Å². The minimum atomic E-state index is 0. The number of carbonyl (C=O) groups excluding carboxylic acids is 1. The summed E-state index contributed by atoms with van der Waals surface area (Å²) in [6.07, 6.45) is 0. The number of fused-ring (bicyclic) bond motifs is 1. The molecule has 2 rings (SSSR count). The molecule has 1 aromatic carbocycles. The van der Waals surface area contributed by atoms with Gasteiger partial charge in [0.25, 0.3) is 6.47 Å². The first kappa shape index (κ1) is 10.7. The zero-order valence-corrected chi connectivity index (χ0v) is 6.88. The van der Waals surface area contributed by atoms with Crippen molar-refractivity contribution in [3.8, 4) is 5.88 Å². The fraction of sp³-hybridized carbons (Fsp3) is 0. The molecule has 0 aliphatic rings. The first-order valence-corrected chi connectivity index (χ1v) is 4.14. The van der Waals surface area contributed by atoms with Crippen LogP contribution in [0.3, 0.4) is 0 Å². The summed E-state index contributed by atoms with van der Waals surface area (Å²) >= 11 is 1.32. The summed E-state index contributed by atoms with van der Waals surface area (Å²) in [6, 6.07) is 7.61. The van der Waals surface area contributed by atoms with Gasteiger partial charge in [0.1, 0.15) is 0 Å². The van der Waals surface area contributed by atoms with Crippen molar-refractivity contribution in [3.63, 3.8) is 0 Å². The number of ether oxygens (including phenoxy) is 1. The summed E-state index contributed by atoms with van der Waals surface area (Å²) in [6.45, 7) is 0.390. The molecule has 62 valence electrons. The van der Waals surface area contributed by atoms with E-state index >= 15 is 0 Å². The zero-order valence-electron chi connectivity index (χ0n) is 6.06. The van der Waals surface area contributed by atoms with Crippen molar-refractivity contribution in [2.75, 3.05) is 0 Å². The second-order valence-corrected chi connectivity index (χ2v) is 3.00. The molecule has 3 nitrogen and oxygen atoms in total. The summed E-state index contributed by atoms with van der Waals surface area (Å²) in [7, 11) is 0. The van der Waals surface area contributed by atoms with Gasteiger partial charge in [0.15, 0.2) is 0 Å². The predicted molar refractivity (Wildman–Crippen MR) is 53.5 cm³/mol. The van der Waals surface area contributed by atoms with E-state index in [4.69, 9.17) is 0 Å². The topological polar surface area (TPSA) is 39.2 Å². The Morgan fingerprint density at radius 1 is 1.38 bits per heavy atom. The molecule has 0 saturated carbocycles. The normalized spacial score (nSPS) is 9.23. The minimum absolute atomic E-state index is 0. The quantitative estimate of drug-likeness (QED) is 0.543. The molecule has 0 unspecified atom stereocenters. The van der Waals surface area contributed by atoms with Gasteiger partial charge in [-0.15, -0.1) is 0 Å². The third-order valence-corrected chi connectivity index (χ3v) is 2.31. The van der Waals surface area contributed by atoms with E-state index < -0.39 is 0 Å². The summed E-state index contributed by atoms with van der Waals surface area (Å²) in [4.78, 5) is 10.1. The maximum atomic E-state index is 10.1. The van der Waals surface area contributed by atoms with Crippen molar-refractivity contribution in [2.45, 2.75) is 0 Å². The van der Waals surface area contributed by atoms with Gasteiger partial charge in [0.05, 0.1) is 10.1 Å². The number of rotatable bonds is 2. The summed E-state index contributed by atoms with van der Waals surface area (Å²) in [5.41, 5.74) is 0. The van der Waals surface area contributed by atoms with Crippen LogP contribution in [0.4, 0.5) is 0 Å².